The van der Waals surface area contributed by atoms with Gasteiger partial charge in [0.05, 0.1) is 5.39 Å². The second kappa shape index (κ2) is 3.30. The number of hydrogen-bond acceptors (Lipinski definition) is 0. The van der Waals surface area contributed by atoms with Crippen molar-refractivity contribution in [2.75, 3.05) is 0 Å². The van der Waals surface area contributed by atoms with Crippen LogP contribution in [0.4, 0.5) is 13.2 Å². The molecule has 0 saturated carbocycles. The monoisotopic (exact) mass is 208 g/mol. The van der Waals surface area contributed by atoms with Gasteiger partial charge in [-0.25, -0.2) is 13.2 Å². The van der Waals surface area contributed by atoms with Gasteiger partial charge in [0, 0.05) is 0 Å². The first-order valence-electron chi connectivity index (χ1n) is 4.55. The molecule has 0 aliphatic heterocycles. The van der Waals surface area contributed by atoms with E-state index < -0.39 is 17.5 Å². The number of rotatable bonds is 0. The van der Waals surface area contributed by atoms with Crippen molar-refractivity contribution in [1.82, 2.24) is 0 Å². The molecule has 0 aliphatic rings. The summed E-state index contributed by atoms with van der Waals surface area (Å²) in [7, 11) is 1.45. The maximum Gasteiger partial charge on any atom is 0.168 e. The molecule has 2 rings (SSSR count). The minimum Gasteiger partial charge on any atom is -0.206 e. The van der Waals surface area contributed by atoms with Crippen LogP contribution in [-0.2, 0) is 0 Å². The lowest BCUT2D eigenvalue weighted by atomic mass is 9.91. The Balaban J connectivity index is 3.00. The molecule has 0 N–H and O–H groups in total. The Morgan fingerprint density at radius 1 is 1.00 bits per heavy atom. The zero-order valence-corrected chi connectivity index (χ0v) is 8.37. The summed E-state index contributed by atoms with van der Waals surface area (Å²) in [6.07, 6.45) is 0. The number of benzene rings is 2. The second-order valence-corrected chi connectivity index (χ2v) is 3.62. The molecular weight excluding hydrogens is 200 g/mol. The Hall–Kier alpha value is -1.45. The molecule has 0 saturated heterocycles. The second-order valence-electron chi connectivity index (χ2n) is 3.62. The van der Waals surface area contributed by atoms with E-state index in [0.717, 1.165) is 0 Å². The van der Waals surface area contributed by atoms with Gasteiger partial charge in [-0.15, -0.1) is 0 Å². The highest BCUT2D eigenvalue weighted by Crippen LogP contribution is 2.24. The van der Waals surface area contributed by atoms with Crippen molar-refractivity contribution in [1.29, 1.82) is 0 Å². The Morgan fingerprint density at radius 2 is 1.67 bits per heavy atom. The minimum absolute atomic E-state index is 0.184. The van der Waals surface area contributed by atoms with Gasteiger partial charge in [0.1, 0.15) is 13.7 Å². The van der Waals surface area contributed by atoms with E-state index in [1.54, 1.807) is 12.1 Å². The summed E-state index contributed by atoms with van der Waals surface area (Å²) in [4.78, 5) is 0. The van der Waals surface area contributed by atoms with Crippen LogP contribution < -0.4 is 5.46 Å². The first-order valence-corrected chi connectivity index (χ1v) is 4.55. The minimum atomic E-state index is -1.11. The lowest BCUT2D eigenvalue weighted by Crippen LogP contribution is -2.11. The van der Waals surface area contributed by atoms with E-state index >= 15 is 0 Å². The summed E-state index contributed by atoms with van der Waals surface area (Å²) < 4.78 is 40.3. The largest absolute Gasteiger partial charge is 0.206 e. The highest BCUT2D eigenvalue weighted by Gasteiger charge is 2.15. The quantitative estimate of drug-likeness (QED) is 0.579. The highest BCUT2D eigenvalue weighted by molar-refractivity contribution is 6.33. The zero-order chi connectivity index (χ0) is 11.2. The van der Waals surface area contributed by atoms with Crippen LogP contribution >= 0.6 is 0 Å². The molecule has 0 amide bonds. The van der Waals surface area contributed by atoms with Crippen molar-refractivity contribution in [2.45, 2.75) is 6.92 Å². The summed E-state index contributed by atoms with van der Waals surface area (Å²) in [5.74, 6) is -2.78. The van der Waals surface area contributed by atoms with Crippen LogP contribution in [-0.4, -0.2) is 7.85 Å². The molecule has 0 nitrogen and oxygen atoms in total. The van der Waals surface area contributed by atoms with Crippen molar-refractivity contribution >= 4 is 24.1 Å². The Kier molecular flexibility index (Phi) is 2.22. The van der Waals surface area contributed by atoms with Crippen LogP contribution in [0.25, 0.3) is 10.8 Å². The molecule has 0 fully saturated rings. The predicted molar refractivity (Wildman–Crippen MR) is 56.7 cm³/mol. The fourth-order valence-electron chi connectivity index (χ4n) is 1.62. The van der Waals surface area contributed by atoms with Gasteiger partial charge in [-0.05, 0) is 17.9 Å². The molecule has 0 heterocycles. The maximum atomic E-state index is 13.6. The van der Waals surface area contributed by atoms with Gasteiger partial charge in [-0.2, -0.15) is 0 Å². The first-order chi connectivity index (χ1) is 7.02. The van der Waals surface area contributed by atoms with Crippen LogP contribution in [0, 0.1) is 24.4 Å². The molecule has 0 radical (unpaired) electrons. The van der Waals surface area contributed by atoms with Gasteiger partial charge >= 0.3 is 0 Å². The summed E-state index contributed by atoms with van der Waals surface area (Å²) in [5, 5.41) is 0.118. The van der Waals surface area contributed by atoms with Crippen molar-refractivity contribution < 1.29 is 13.2 Å². The van der Waals surface area contributed by atoms with Gasteiger partial charge in [-0.3, -0.25) is 0 Å². The van der Waals surface area contributed by atoms with Crippen molar-refractivity contribution in [3.05, 3.63) is 41.2 Å². The third kappa shape index (κ3) is 1.40. The lowest BCUT2D eigenvalue weighted by molar-refractivity contribution is 0.516. The average molecular weight is 208 g/mol. The normalized spacial score (nSPS) is 10.9. The third-order valence-corrected chi connectivity index (χ3v) is 2.50. The Morgan fingerprint density at radius 3 is 2.33 bits per heavy atom. The fourth-order valence-corrected chi connectivity index (χ4v) is 1.62. The van der Waals surface area contributed by atoms with E-state index in [1.807, 2.05) is 0 Å². The highest BCUT2D eigenvalue weighted by atomic mass is 19.2. The van der Waals surface area contributed by atoms with Crippen LogP contribution in [0.5, 0.6) is 0 Å². The molecular formula is C11H8BF3. The SMILES string of the molecule is Bc1cc2ccc(C)c(F)c2c(F)c1F. The first kappa shape index (κ1) is 10.1. The average Bonchev–Trinajstić information content (AvgIpc) is 2.20. The number of aryl methyl sites for hydroxylation is 1. The molecule has 0 unspecified atom stereocenters. The molecule has 2 aromatic rings. The summed E-state index contributed by atoms with van der Waals surface area (Å²) >= 11 is 0. The Labute approximate surface area is 86.1 Å². The van der Waals surface area contributed by atoms with Gasteiger partial charge in [0.2, 0.25) is 0 Å². The van der Waals surface area contributed by atoms with E-state index in [0.29, 0.717) is 10.9 Å². The lowest BCUT2D eigenvalue weighted by Gasteiger charge is -2.06. The van der Waals surface area contributed by atoms with Gasteiger partial charge in [0.15, 0.2) is 11.6 Å². The van der Waals surface area contributed by atoms with Gasteiger partial charge in [0.25, 0.3) is 0 Å². The van der Waals surface area contributed by atoms with E-state index in [4.69, 9.17) is 0 Å². The van der Waals surface area contributed by atoms with E-state index in [2.05, 4.69) is 0 Å². The van der Waals surface area contributed by atoms with Crippen molar-refractivity contribution in [3.8, 4) is 0 Å². The van der Waals surface area contributed by atoms with Gasteiger partial charge < -0.3 is 0 Å². The van der Waals surface area contributed by atoms with Crippen LogP contribution in [0.15, 0.2) is 18.2 Å². The molecule has 0 atom stereocenters. The molecule has 2 aromatic carbocycles. The van der Waals surface area contributed by atoms with Crippen LogP contribution in [0.2, 0.25) is 0 Å². The van der Waals surface area contributed by atoms with E-state index in [-0.39, 0.29) is 10.8 Å². The van der Waals surface area contributed by atoms with Gasteiger partial charge in [-0.1, -0.05) is 23.7 Å². The van der Waals surface area contributed by atoms with Crippen LogP contribution in [0.1, 0.15) is 5.56 Å². The number of hydrogen-bond donors (Lipinski definition) is 0. The van der Waals surface area contributed by atoms with Crippen molar-refractivity contribution in [2.24, 2.45) is 0 Å². The Bertz CT molecular complexity index is 549. The molecule has 0 spiro atoms. The summed E-state index contributed by atoms with van der Waals surface area (Å²) in [6, 6.07) is 4.58. The van der Waals surface area contributed by atoms with E-state index in [1.165, 1.54) is 20.8 Å². The fraction of sp³-hybridized carbons (Fsp3) is 0.0909. The number of halogens is 3. The molecule has 4 heteroatoms. The molecule has 0 aliphatic carbocycles. The number of fused-ring (bicyclic) bond motifs is 1. The predicted octanol–water partition coefficient (Wildman–Crippen LogP) is 1.82. The van der Waals surface area contributed by atoms with Crippen LogP contribution in [0.3, 0.4) is 0 Å². The van der Waals surface area contributed by atoms with E-state index in [9.17, 15) is 13.2 Å². The smallest absolute Gasteiger partial charge is 0.168 e. The topological polar surface area (TPSA) is 0 Å². The standard InChI is InChI=1S/C11H8BF3/c1-5-2-3-6-4-7(12)10(14)11(15)8(6)9(5)13/h2-4H,12H2,1H3. The maximum absolute atomic E-state index is 13.6. The summed E-state index contributed by atoms with van der Waals surface area (Å²) in [5.41, 5.74) is 0.493. The third-order valence-electron chi connectivity index (χ3n) is 2.50. The molecule has 76 valence electrons. The zero-order valence-electron chi connectivity index (χ0n) is 8.37. The molecule has 0 bridgehead atoms. The molecule has 15 heavy (non-hydrogen) atoms. The van der Waals surface area contributed by atoms with Crippen molar-refractivity contribution in [3.63, 3.8) is 0 Å². The summed E-state index contributed by atoms with van der Waals surface area (Å²) in [6.45, 7) is 1.52. The molecule has 0 aromatic heterocycles.